The number of ether oxygens (including phenoxy) is 1. The van der Waals surface area contributed by atoms with E-state index in [-0.39, 0.29) is 11.9 Å². The highest BCUT2D eigenvalue weighted by Gasteiger charge is 2.30. The van der Waals surface area contributed by atoms with Gasteiger partial charge in [-0.25, -0.2) is 0 Å². The third-order valence-corrected chi connectivity index (χ3v) is 3.30. The summed E-state index contributed by atoms with van der Waals surface area (Å²) in [5, 5.41) is 11.6. The van der Waals surface area contributed by atoms with Crippen molar-refractivity contribution >= 4 is 11.6 Å². The maximum absolute atomic E-state index is 12.2. The van der Waals surface area contributed by atoms with Crippen LogP contribution in [0.25, 0.3) is 0 Å². The van der Waals surface area contributed by atoms with Crippen molar-refractivity contribution in [1.29, 1.82) is 5.26 Å². The third-order valence-electron chi connectivity index (χ3n) is 3.30. The number of carbonyl (C=O) groups excluding carboxylic acids is 1. The number of hydrogen-bond acceptors (Lipinski definition) is 4. The van der Waals surface area contributed by atoms with Gasteiger partial charge in [0.25, 0.3) is 0 Å². The number of nitriles is 1. The first-order valence-corrected chi connectivity index (χ1v) is 6.30. The van der Waals surface area contributed by atoms with E-state index in [2.05, 4.69) is 11.4 Å². The molecule has 0 radical (unpaired) electrons. The average Bonchev–Trinajstić information content (AvgIpc) is 2.88. The first kappa shape index (κ1) is 13.4. The van der Waals surface area contributed by atoms with Gasteiger partial charge in [-0.05, 0) is 37.1 Å². The topological polar surface area (TPSA) is 65.4 Å². The first-order chi connectivity index (χ1) is 9.24. The minimum atomic E-state index is -0.193. The van der Waals surface area contributed by atoms with E-state index in [1.807, 2.05) is 4.90 Å². The summed E-state index contributed by atoms with van der Waals surface area (Å²) in [7, 11) is 1.60. The minimum absolute atomic E-state index is 0.0436. The highest BCUT2D eigenvalue weighted by molar-refractivity contribution is 5.95. The van der Waals surface area contributed by atoms with Crippen LogP contribution in [0.4, 0.5) is 5.69 Å². The van der Waals surface area contributed by atoms with Gasteiger partial charge >= 0.3 is 0 Å². The molecular formula is C14H17N3O2. The van der Waals surface area contributed by atoms with E-state index in [1.54, 1.807) is 31.4 Å². The van der Waals surface area contributed by atoms with Crippen molar-refractivity contribution in [3.05, 3.63) is 24.3 Å². The van der Waals surface area contributed by atoms with E-state index < -0.39 is 0 Å². The van der Waals surface area contributed by atoms with Gasteiger partial charge < -0.3 is 10.1 Å². The Morgan fingerprint density at radius 2 is 2.26 bits per heavy atom. The number of benzene rings is 1. The fourth-order valence-electron chi connectivity index (χ4n) is 2.30. The number of carbonyl (C=O) groups is 1. The van der Waals surface area contributed by atoms with Crippen LogP contribution in [0.2, 0.25) is 0 Å². The van der Waals surface area contributed by atoms with E-state index in [0.717, 1.165) is 30.8 Å². The van der Waals surface area contributed by atoms with Crippen LogP contribution in [0, 0.1) is 11.3 Å². The molecular weight excluding hydrogens is 242 g/mol. The molecule has 1 heterocycles. The van der Waals surface area contributed by atoms with Crippen LogP contribution in [-0.4, -0.2) is 37.0 Å². The van der Waals surface area contributed by atoms with Gasteiger partial charge in [0.1, 0.15) is 5.75 Å². The highest BCUT2D eigenvalue weighted by Crippen LogP contribution is 2.20. The molecule has 100 valence electrons. The number of rotatable bonds is 4. The number of nitrogens with one attached hydrogen (secondary N) is 1. The number of anilines is 1. The van der Waals surface area contributed by atoms with Gasteiger partial charge in [0.2, 0.25) is 5.91 Å². The Balaban J connectivity index is 1.98. The van der Waals surface area contributed by atoms with Gasteiger partial charge in [-0.15, -0.1) is 0 Å². The summed E-state index contributed by atoms with van der Waals surface area (Å²) >= 11 is 0. The maximum atomic E-state index is 12.2. The molecule has 0 bridgehead atoms. The zero-order valence-corrected chi connectivity index (χ0v) is 10.9. The third kappa shape index (κ3) is 3.24. The fraction of sp³-hybridized carbons (Fsp3) is 0.429. The van der Waals surface area contributed by atoms with E-state index in [9.17, 15) is 4.79 Å². The molecule has 5 nitrogen and oxygen atoms in total. The number of likely N-dealkylation sites (tertiary alicyclic amines) is 1. The number of methoxy groups -OCH3 is 1. The quantitative estimate of drug-likeness (QED) is 0.834. The van der Waals surface area contributed by atoms with Crippen molar-refractivity contribution < 1.29 is 9.53 Å². The van der Waals surface area contributed by atoms with Gasteiger partial charge in [0.15, 0.2) is 0 Å². The second-order valence-electron chi connectivity index (χ2n) is 4.50. The molecule has 19 heavy (non-hydrogen) atoms. The lowest BCUT2D eigenvalue weighted by atomic mass is 10.2. The van der Waals surface area contributed by atoms with Gasteiger partial charge in [-0.3, -0.25) is 9.69 Å². The normalized spacial score (nSPS) is 18.8. The van der Waals surface area contributed by atoms with Crippen LogP contribution in [0.5, 0.6) is 5.75 Å². The van der Waals surface area contributed by atoms with Gasteiger partial charge in [0, 0.05) is 12.2 Å². The van der Waals surface area contributed by atoms with E-state index in [0.29, 0.717) is 6.54 Å². The van der Waals surface area contributed by atoms with Crippen molar-refractivity contribution in [3.63, 3.8) is 0 Å². The predicted octanol–water partition coefficient (Wildman–Crippen LogP) is 1.62. The lowest BCUT2D eigenvalue weighted by molar-refractivity contribution is -0.120. The summed E-state index contributed by atoms with van der Waals surface area (Å²) in [6.07, 6.45) is 1.77. The summed E-state index contributed by atoms with van der Waals surface area (Å²) in [6.45, 7) is 1.12. The molecule has 0 unspecified atom stereocenters. The molecule has 1 N–H and O–H groups in total. The standard InChI is InChI=1S/C14H17N3O2/c1-19-12-6-4-11(5-7-12)16-14(18)13-3-2-9-17(13)10-8-15/h4-7,13H,2-3,9-10H2,1H3,(H,16,18)/t13-/m0/s1. The van der Waals surface area contributed by atoms with Gasteiger partial charge in [-0.2, -0.15) is 5.26 Å². The molecule has 1 amide bonds. The van der Waals surface area contributed by atoms with Crippen molar-refractivity contribution in [2.75, 3.05) is 25.5 Å². The maximum Gasteiger partial charge on any atom is 0.241 e. The zero-order chi connectivity index (χ0) is 13.7. The molecule has 1 aliphatic rings. The molecule has 1 aromatic carbocycles. The van der Waals surface area contributed by atoms with Gasteiger partial charge in [-0.1, -0.05) is 0 Å². The minimum Gasteiger partial charge on any atom is -0.497 e. The Kier molecular flexibility index (Phi) is 4.37. The van der Waals surface area contributed by atoms with Crippen LogP contribution < -0.4 is 10.1 Å². The molecule has 1 atom stereocenters. The summed E-state index contributed by atoms with van der Waals surface area (Å²) in [5.74, 6) is 0.711. The Hall–Kier alpha value is -2.06. The lowest BCUT2D eigenvalue weighted by Crippen LogP contribution is -2.39. The number of nitrogens with zero attached hydrogens (tertiary/aromatic N) is 2. The predicted molar refractivity (Wildman–Crippen MR) is 71.8 cm³/mol. The van der Waals surface area contributed by atoms with Crippen molar-refractivity contribution in [3.8, 4) is 11.8 Å². The second-order valence-corrected chi connectivity index (χ2v) is 4.50. The lowest BCUT2D eigenvalue weighted by Gasteiger charge is -2.20. The Labute approximate surface area is 112 Å². The first-order valence-electron chi connectivity index (χ1n) is 6.30. The largest absolute Gasteiger partial charge is 0.497 e. The van der Waals surface area contributed by atoms with E-state index >= 15 is 0 Å². The average molecular weight is 259 g/mol. The Morgan fingerprint density at radius 3 is 2.89 bits per heavy atom. The zero-order valence-electron chi connectivity index (χ0n) is 10.9. The Morgan fingerprint density at radius 1 is 1.53 bits per heavy atom. The van der Waals surface area contributed by atoms with Gasteiger partial charge in [0.05, 0.1) is 25.8 Å². The van der Waals surface area contributed by atoms with E-state index in [4.69, 9.17) is 10.00 Å². The second kappa shape index (κ2) is 6.21. The molecule has 0 aliphatic carbocycles. The molecule has 5 heteroatoms. The summed E-state index contributed by atoms with van der Waals surface area (Å²) in [6, 6.07) is 9.13. The molecule has 1 aromatic rings. The molecule has 2 rings (SSSR count). The fourth-order valence-corrected chi connectivity index (χ4v) is 2.30. The molecule has 1 fully saturated rings. The molecule has 1 saturated heterocycles. The molecule has 0 saturated carbocycles. The molecule has 0 spiro atoms. The molecule has 0 aromatic heterocycles. The highest BCUT2D eigenvalue weighted by atomic mass is 16.5. The SMILES string of the molecule is COc1ccc(NC(=O)[C@@H]2CCCN2CC#N)cc1. The van der Waals surface area contributed by atoms with Crippen LogP contribution >= 0.6 is 0 Å². The summed E-state index contributed by atoms with van der Waals surface area (Å²) < 4.78 is 5.07. The van der Waals surface area contributed by atoms with Crippen LogP contribution in [0.15, 0.2) is 24.3 Å². The van der Waals surface area contributed by atoms with Crippen molar-refractivity contribution in [2.24, 2.45) is 0 Å². The monoisotopic (exact) mass is 259 g/mol. The van der Waals surface area contributed by atoms with E-state index in [1.165, 1.54) is 0 Å². The summed E-state index contributed by atoms with van der Waals surface area (Å²) in [4.78, 5) is 14.1. The van der Waals surface area contributed by atoms with Crippen LogP contribution in [-0.2, 0) is 4.79 Å². The molecule has 1 aliphatic heterocycles. The number of hydrogen-bond donors (Lipinski definition) is 1. The van der Waals surface area contributed by atoms with Crippen molar-refractivity contribution in [2.45, 2.75) is 18.9 Å². The van der Waals surface area contributed by atoms with Crippen molar-refractivity contribution in [1.82, 2.24) is 4.90 Å². The number of amides is 1. The smallest absolute Gasteiger partial charge is 0.241 e. The van der Waals surface area contributed by atoms with Crippen LogP contribution in [0.1, 0.15) is 12.8 Å². The Bertz CT molecular complexity index is 478. The van der Waals surface area contributed by atoms with Crippen LogP contribution in [0.3, 0.4) is 0 Å². The summed E-state index contributed by atoms with van der Waals surface area (Å²) in [5.41, 5.74) is 0.745.